The third kappa shape index (κ3) is 9.68. The Labute approximate surface area is 293 Å². The van der Waals surface area contributed by atoms with E-state index in [1.807, 2.05) is 42.2 Å². The minimum Gasteiger partial charge on any atom is -0.491 e. The molecule has 0 radical (unpaired) electrons. The molecule has 0 unspecified atom stereocenters. The minimum atomic E-state index is -0.317. The maximum Gasteiger partial charge on any atom is 0.257 e. The number of aromatic amines is 1. The molecule has 1 aliphatic rings. The molecule has 0 aliphatic carbocycles. The summed E-state index contributed by atoms with van der Waals surface area (Å²) < 4.78 is 11.5. The Bertz CT molecular complexity index is 1780. The number of benzene rings is 3. The summed E-state index contributed by atoms with van der Waals surface area (Å²) >= 11 is 0. The van der Waals surface area contributed by atoms with E-state index in [-0.39, 0.29) is 24.3 Å². The number of rotatable bonds is 16. The van der Waals surface area contributed by atoms with Crippen LogP contribution in [-0.2, 0) is 22.6 Å². The molecule has 4 aromatic rings. The lowest BCUT2D eigenvalue weighted by Gasteiger charge is -2.32. The van der Waals surface area contributed by atoms with Crippen LogP contribution in [0.4, 0.5) is 11.4 Å². The van der Waals surface area contributed by atoms with Crippen LogP contribution in [0.5, 0.6) is 5.75 Å². The lowest BCUT2D eigenvalue weighted by atomic mass is 10.1. The van der Waals surface area contributed by atoms with Crippen molar-refractivity contribution < 1.29 is 23.9 Å². The van der Waals surface area contributed by atoms with Crippen LogP contribution < -0.4 is 21.1 Å². The molecule has 12 heteroatoms. The highest BCUT2D eigenvalue weighted by Gasteiger charge is 2.19. The number of hydrogen-bond acceptors (Lipinski definition) is 8. The number of nitrogens with one attached hydrogen (secondary N) is 3. The number of fused-ring (bicyclic) bond motifs is 1. The zero-order valence-electron chi connectivity index (χ0n) is 29.3. The van der Waals surface area contributed by atoms with E-state index in [0.29, 0.717) is 65.3 Å². The molecule has 1 aliphatic heterocycles. The molecule has 0 atom stereocenters. The van der Waals surface area contributed by atoms with Gasteiger partial charge in [0, 0.05) is 62.9 Å². The fourth-order valence-corrected chi connectivity index (χ4v) is 5.97. The van der Waals surface area contributed by atoms with E-state index in [0.717, 1.165) is 68.8 Å². The van der Waals surface area contributed by atoms with Crippen molar-refractivity contribution in [1.29, 1.82) is 0 Å². The van der Waals surface area contributed by atoms with E-state index in [1.165, 1.54) is 0 Å². The summed E-state index contributed by atoms with van der Waals surface area (Å²) in [6.45, 7) is 6.65. The number of para-hydroxylation sites is 1. The smallest absolute Gasteiger partial charge is 0.257 e. The van der Waals surface area contributed by atoms with E-state index in [2.05, 4.69) is 32.5 Å². The maximum atomic E-state index is 13.5. The fourth-order valence-electron chi connectivity index (χ4n) is 5.97. The monoisotopic (exact) mass is 683 g/mol. The van der Waals surface area contributed by atoms with Crippen molar-refractivity contribution >= 4 is 40.1 Å². The number of H-pyrrole nitrogens is 1. The van der Waals surface area contributed by atoms with E-state index >= 15 is 0 Å². The standard InChI is InChI=1S/C38H49N7O5/c1-26-13-15-31(33(23-26)50-22-6-4-5-12-35(46)45-20-18-44(2)19-21-45)42-37(47)27-14-16-30(28(24-27)25-49-3)41-38(48)29-9-7-10-32-36(29)43-34(40-32)11-8-17-39/h7,9-10,13-16,23-24H,4-6,8,11-12,17-22,25,39H2,1-3H3,(H,40,43)(H,41,48)(H,42,47). The minimum absolute atomic E-state index is 0.187. The Balaban J connectivity index is 1.18. The second-order valence-electron chi connectivity index (χ2n) is 12.8. The van der Waals surface area contributed by atoms with Crippen LogP contribution in [0.25, 0.3) is 11.0 Å². The molecule has 0 bridgehead atoms. The molecule has 3 amide bonds. The number of anilines is 2. The van der Waals surface area contributed by atoms with Crippen LogP contribution in [0.15, 0.2) is 54.6 Å². The number of piperazine rings is 1. The largest absolute Gasteiger partial charge is 0.491 e. The van der Waals surface area contributed by atoms with Gasteiger partial charge in [-0.1, -0.05) is 12.1 Å². The van der Waals surface area contributed by atoms with Gasteiger partial charge in [0.15, 0.2) is 0 Å². The molecular weight excluding hydrogens is 634 g/mol. The normalized spacial score (nSPS) is 13.4. The summed E-state index contributed by atoms with van der Waals surface area (Å²) in [5.41, 5.74) is 10.6. The third-order valence-electron chi connectivity index (χ3n) is 8.87. The second kappa shape index (κ2) is 17.7. The van der Waals surface area contributed by atoms with Gasteiger partial charge in [0.05, 0.1) is 30.0 Å². The second-order valence-corrected chi connectivity index (χ2v) is 12.8. The molecule has 266 valence electrons. The van der Waals surface area contributed by atoms with E-state index < -0.39 is 0 Å². The van der Waals surface area contributed by atoms with Crippen LogP contribution in [0.1, 0.15) is 69.8 Å². The molecule has 2 heterocycles. The Morgan fingerprint density at radius 2 is 1.70 bits per heavy atom. The number of aryl methyl sites for hydroxylation is 2. The molecular formula is C38H49N7O5. The third-order valence-corrected chi connectivity index (χ3v) is 8.87. The number of methoxy groups -OCH3 is 1. The van der Waals surface area contributed by atoms with Crippen LogP contribution >= 0.6 is 0 Å². The summed E-state index contributed by atoms with van der Waals surface area (Å²) in [6.07, 6.45) is 4.55. The van der Waals surface area contributed by atoms with Crippen LogP contribution in [0.3, 0.4) is 0 Å². The van der Waals surface area contributed by atoms with Crippen molar-refractivity contribution in [2.24, 2.45) is 5.73 Å². The number of aromatic nitrogens is 2. The number of nitrogens with zero attached hydrogens (tertiary/aromatic N) is 3. The van der Waals surface area contributed by atoms with Gasteiger partial charge in [-0.3, -0.25) is 14.4 Å². The van der Waals surface area contributed by atoms with Gasteiger partial charge >= 0.3 is 0 Å². The number of carbonyl (C=O) groups excluding carboxylic acids is 3. The topological polar surface area (TPSA) is 155 Å². The van der Waals surface area contributed by atoms with Gasteiger partial charge in [0.25, 0.3) is 11.8 Å². The molecule has 0 spiro atoms. The zero-order chi connectivity index (χ0) is 35.5. The number of hydrogen-bond donors (Lipinski definition) is 4. The highest BCUT2D eigenvalue weighted by atomic mass is 16.5. The van der Waals surface area contributed by atoms with Gasteiger partial charge in [-0.15, -0.1) is 0 Å². The number of ether oxygens (including phenoxy) is 2. The van der Waals surface area contributed by atoms with Crippen LogP contribution in [-0.4, -0.2) is 91.0 Å². The first-order chi connectivity index (χ1) is 24.2. The number of imidazole rings is 1. The van der Waals surface area contributed by atoms with Crippen molar-refractivity contribution in [3.05, 3.63) is 82.7 Å². The first-order valence-electron chi connectivity index (χ1n) is 17.4. The molecule has 1 fully saturated rings. The average Bonchev–Trinajstić information content (AvgIpc) is 3.54. The number of likely N-dealkylation sites (N-methyl/N-ethyl adjacent to an activating group) is 1. The molecule has 3 aromatic carbocycles. The Hall–Kier alpha value is -4.78. The van der Waals surface area contributed by atoms with Crippen molar-refractivity contribution in [1.82, 2.24) is 19.8 Å². The fraction of sp³-hybridized carbons (Fsp3) is 0.421. The molecule has 5 N–H and O–H groups in total. The summed E-state index contributed by atoms with van der Waals surface area (Å²) in [4.78, 5) is 51.5. The highest BCUT2D eigenvalue weighted by molar-refractivity contribution is 6.12. The summed E-state index contributed by atoms with van der Waals surface area (Å²) in [5, 5.41) is 5.97. The van der Waals surface area contributed by atoms with E-state index in [4.69, 9.17) is 15.2 Å². The predicted octanol–water partition coefficient (Wildman–Crippen LogP) is 5.13. The quantitative estimate of drug-likeness (QED) is 0.119. The Kier molecular flexibility index (Phi) is 13.0. The molecule has 5 rings (SSSR count). The van der Waals surface area contributed by atoms with Gasteiger partial charge in [-0.05, 0) is 94.2 Å². The lowest BCUT2D eigenvalue weighted by Crippen LogP contribution is -2.47. The first kappa shape index (κ1) is 36.5. The molecule has 1 aromatic heterocycles. The molecule has 1 saturated heterocycles. The predicted molar refractivity (Wildman–Crippen MR) is 196 cm³/mol. The zero-order valence-corrected chi connectivity index (χ0v) is 29.3. The summed E-state index contributed by atoms with van der Waals surface area (Å²) in [6, 6.07) is 16.2. The molecule has 0 saturated carbocycles. The van der Waals surface area contributed by atoms with Crippen molar-refractivity contribution in [3.63, 3.8) is 0 Å². The van der Waals surface area contributed by atoms with Crippen molar-refractivity contribution in [2.75, 3.05) is 64.1 Å². The van der Waals surface area contributed by atoms with Gasteiger partial charge < -0.3 is 40.6 Å². The van der Waals surface area contributed by atoms with Crippen LogP contribution in [0.2, 0.25) is 0 Å². The van der Waals surface area contributed by atoms with Gasteiger partial charge in [-0.25, -0.2) is 4.98 Å². The number of carbonyl (C=O) groups is 3. The Morgan fingerprint density at radius 3 is 2.48 bits per heavy atom. The van der Waals surface area contributed by atoms with Gasteiger partial charge in [0.2, 0.25) is 5.91 Å². The maximum absolute atomic E-state index is 13.5. The molecule has 12 nitrogen and oxygen atoms in total. The van der Waals surface area contributed by atoms with E-state index in [1.54, 1.807) is 31.4 Å². The van der Waals surface area contributed by atoms with E-state index in [9.17, 15) is 14.4 Å². The van der Waals surface area contributed by atoms with Crippen molar-refractivity contribution in [3.8, 4) is 5.75 Å². The summed E-state index contributed by atoms with van der Waals surface area (Å²) in [5.74, 6) is 0.971. The van der Waals surface area contributed by atoms with Gasteiger partial charge in [0.1, 0.15) is 17.1 Å². The number of nitrogens with two attached hydrogens (primary N) is 1. The Morgan fingerprint density at radius 1 is 0.920 bits per heavy atom. The summed E-state index contributed by atoms with van der Waals surface area (Å²) in [7, 11) is 3.64. The molecule has 50 heavy (non-hydrogen) atoms. The number of amides is 3. The first-order valence-corrected chi connectivity index (χ1v) is 17.4. The average molecular weight is 684 g/mol. The number of unbranched alkanes of at least 4 members (excludes halogenated alkanes) is 2. The highest BCUT2D eigenvalue weighted by Crippen LogP contribution is 2.28. The van der Waals surface area contributed by atoms with Gasteiger partial charge in [-0.2, -0.15) is 0 Å². The van der Waals surface area contributed by atoms with Crippen LogP contribution in [0, 0.1) is 6.92 Å². The SMILES string of the molecule is COCc1cc(C(=O)Nc2ccc(C)cc2OCCCCCC(=O)N2CCN(C)CC2)ccc1NC(=O)c1cccc2[nH]c(CCCN)nc12. The van der Waals surface area contributed by atoms with Crippen molar-refractivity contribution in [2.45, 2.75) is 52.1 Å². The lowest BCUT2D eigenvalue weighted by molar-refractivity contribution is -0.132.